The van der Waals surface area contributed by atoms with Crippen molar-refractivity contribution >= 4 is 44.8 Å². The lowest BCUT2D eigenvalue weighted by molar-refractivity contribution is 0.102. The zero-order valence-corrected chi connectivity index (χ0v) is 19.2. The molecule has 0 heterocycles. The number of hydrogen-bond donors (Lipinski definition) is 1. The summed E-state index contributed by atoms with van der Waals surface area (Å²) in [6, 6.07) is 10.3. The molecule has 0 saturated heterocycles. The summed E-state index contributed by atoms with van der Waals surface area (Å²) in [6.45, 7) is 0.240. The maximum atomic E-state index is 12.7. The summed E-state index contributed by atoms with van der Waals surface area (Å²) in [5.41, 5.74) is 0.624. The number of rotatable bonds is 10. The number of alkyl halides is 2. The summed E-state index contributed by atoms with van der Waals surface area (Å²) in [5, 5.41) is 12.0. The van der Waals surface area contributed by atoms with Gasteiger partial charge in [0.05, 0.1) is 30.4 Å². The van der Waals surface area contributed by atoms with Gasteiger partial charge in [-0.05, 0) is 24.3 Å². The Morgan fingerprint density at radius 1 is 1.06 bits per heavy atom. The molecule has 0 atom stereocenters. The molecule has 1 amide bonds. The van der Waals surface area contributed by atoms with Gasteiger partial charge in [0, 0.05) is 42.5 Å². The first-order valence-corrected chi connectivity index (χ1v) is 11.5. The van der Waals surface area contributed by atoms with Gasteiger partial charge in [0.25, 0.3) is 5.91 Å². The summed E-state index contributed by atoms with van der Waals surface area (Å²) in [5.74, 6) is 0.430. The normalized spacial score (nSPS) is 11.1. The number of carbonyl (C=O) groups is 1. The van der Waals surface area contributed by atoms with E-state index in [1.54, 1.807) is 0 Å². The number of halogens is 2. The van der Waals surface area contributed by atoms with Gasteiger partial charge in [0.15, 0.2) is 11.5 Å². The molecule has 2 aromatic carbocycles. The Morgan fingerprint density at radius 3 is 2.10 bits per heavy atom. The highest BCUT2D eigenvalue weighted by atomic mass is 35.5. The highest BCUT2D eigenvalue weighted by molar-refractivity contribution is 7.89. The van der Waals surface area contributed by atoms with Crippen LogP contribution in [0.4, 0.5) is 5.69 Å². The quantitative estimate of drug-likeness (QED) is 0.517. The molecule has 0 fully saturated rings. The van der Waals surface area contributed by atoms with E-state index in [2.05, 4.69) is 5.32 Å². The second-order valence-electron chi connectivity index (χ2n) is 6.13. The van der Waals surface area contributed by atoms with Gasteiger partial charge >= 0.3 is 0 Å². The molecule has 31 heavy (non-hydrogen) atoms. The molecule has 0 aromatic heterocycles. The lowest BCUT2D eigenvalue weighted by Gasteiger charge is -2.20. The number of carbonyl (C=O) groups excluding carboxylic acids is 1. The zero-order chi connectivity index (χ0) is 23.0. The third-order valence-corrected chi connectivity index (χ3v) is 6.57. The van der Waals surface area contributed by atoms with Crippen molar-refractivity contribution in [1.82, 2.24) is 4.31 Å². The molecule has 0 radical (unpaired) electrons. The molecule has 0 unspecified atom stereocenters. The fraction of sp³-hybridized carbons (Fsp3) is 0.300. The van der Waals surface area contributed by atoms with Crippen LogP contribution >= 0.6 is 23.2 Å². The molecule has 0 aliphatic carbocycles. The van der Waals surface area contributed by atoms with Crippen LogP contribution in [0.3, 0.4) is 0 Å². The van der Waals surface area contributed by atoms with E-state index in [9.17, 15) is 18.5 Å². The van der Waals surface area contributed by atoms with Gasteiger partial charge < -0.3 is 14.8 Å². The van der Waals surface area contributed by atoms with Crippen molar-refractivity contribution in [3.63, 3.8) is 0 Å². The van der Waals surface area contributed by atoms with Crippen molar-refractivity contribution in [1.29, 1.82) is 5.26 Å². The average molecular weight is 486 g/mol. The molecule has 8 nitrogen and oxygen atoms in total. The van der Waals surface area contributed by atoms with Crippen molar-refractivity contribution in [3.05, 3.63) is 47.5 Å². The molecule has 0 saturated carbocycles. The molecule has 2 rings (SSSR count). The van der Waals surface area contributed by atoms with Gasteiger partial charge in [-0.3, -0.25) is 4.79 Å². The van der Waals surface area contributed by atoms with E-state index in [0.717, 1.165) is 0 Å². The largest absolute Gasteiger partial charge is 0.493 e. The Hall–Kier alpha value is -2.51. The van der Waals surface area contributed by atoms with Crippen LogP contribution < -0.4 is 14.8 Å². The topological polar surface area (TPSA) is 109 Å². The number of anilines is 1. The Bertz CT molecular complexity index is 1060. The number of sulfonamides is 1. The Kier molecular flexibility index (Phi) is 8.95. The second kappa shape index (κ2) is 11.2. The maximum absolute atomic E-state index is 12.7. The van der Waals surface area contributed by atoms with E-state index in [1.807, 2.05) is 6.07 Å². The SMILES string of the molecule is COc1cc(C#N)c(NC(=O)c2ccc(S(=O)(=O)N(CCCl)CCCl)cc2)cc1OC. The number of amides is 1. The highest BCUT2D eigenvalue weighted by Crippen LogP contribution is 2.33. The predicted molar refractivity (Wildman–Crippen MR) is 119 cm³/mol. The standard InChI is InChI=1S/C20H21Cl2N3O5S/c1-29-18-11-15(13-23)17(12-19(18)30-2)24-20(26)14-3-5-16(6-4-14)31(27,28)25(9-7-21)10-8-22/h3-6,11-12H,7-10H2,1-2H3,(H,24,26). The van der Waals surface area contributed by atoms with Crippen molar-refractivity contribution in [3.8, 4) is 17.6 Å². The third-order valence-electron chi connectivity index (χ3n) is 4.31. The van der Waals surface area contributed by atoms with Gasteiger partial charge in [0.2, 0.25) is 10.0 Å². The number of nitrogens with one attached hydrogen (secondary N) is 1. The predicted octanol–water partition coefficient (Wildman–Crippen LogP) is 3.30. The number of hydrogen-bond acceptors (Lipinski definition) is 6. The molecular weight excluding hydrogens is 465 g/mol. The number of ether oxygens (including phenoxy) is 2. The minimum atomic E-state index is -3.79. The monoisotopic (exact) mass is 485 g/mol. The van der Waals surface area contributed by atoms with E-state index < -0.39 is 15.9 Å². The Labute approximate surface area is 191 Å². The van der Waals surface area contributed by atoms with E-state index >= 15 is 0 Å². The summed E-state index contributed by atoms with van der Waals surface area (Å²) < 4.78 is 37.0. The molecule has 0 spiro atoms. The van der Waals surface area contributed by atoms with Crippen LogP contribution in [0.1, 0.15) is 15.9 Å². The maximum Gasteiger partial charge on any atom is 0.255 e. The summed E-state index contributed by atoms with van der Waals surface area (Å²) in [7, 11) is -0.919. The fourth-order valence-corrected chi connectivity index (χ4v) is 4.79. The first-order valence-electron chi connectivity index (χ1n) is 9.02. The number of methoxy groups -OCH3 is 2. The van der Waals surface area contributed by atoms with Gasteiger partial charge in [-0.1, -0.05) is 0 Å². The van der Waals surface area contributed by atoms with E-state index in [1.165, 1.54) is 54.9 Å². The van der Waals surface area contributed by atoms with Gasteiger partial charge in [0.1, 0.15) is 6.07 Å². The van der Waals surface area contributed by atoms with Crippen molar-refractivity contribution in [2.45, 2.75) is 4.90 Å². The Balaban J connectivity index is 2.28. The van der Waals surface area contributed by atoms with Crippen LogP contribution in [0.2, 0.25) is 0 Å². The first kappa shape index (κ1) is 24.8. The fourth-order valence-electron chi connectivity index (χ4n) is 2.74. The van der Waals surface area contributed by atoms with Crippen LogP contribution in [0.15, 0.2) is 41.3 Å². The minimum absolute atomic E-state index is 0.0168. The molecule has 2 aromatic rings. The summed E-state index contributed by atoms with van der Waals surface area (Å²) in [6.07, 6.45) is 0. The third kappa shape index (κ3) is 5.80. The average Bonchev–Trinajstić information content (AvgIpc) is 2.78. The first-order chi connectivity index (χ1) is 14.8. The Morgan fingerprint density at radius 2 is 1.61 bits per heavy atom. The number of nitriles is 1. The lowest BCUT2D eigenvalue weighted by atomic mass is 10.1. The van der Waals surface area contributed by atoms with Crippen LogP contribution in [0, 0.1) is 11.3 Å². The van der Waals surface area contributed by atoms with Gasteiger partial charge in [-0.15, -0.1) is 23.2 Å². The van der Waals surface area contributed by atoms with Crippen LogP contribution in [-0.2, 0) is 10.0 Å². The van der Waals surface area contributed by atoms with Crippen molar-refractivity contribution < 1.29 is 22.7 Å². The molecule has 166 valence electrons. The molecule has 0 bridgehead atoms. The van der Waals surface area contributed by atoms with Crippen molar-refractivity contribution in [2.24, 2.45) is 0 Å². The molecular formula is C20H21Cl2N3O5S. The zero-order valence-electron chi connectivity index (χ0n) is 16.9. The van der Waals surface area contributed by atoms with Crippen LogP contribution in [0.25, 0.3) is 0 Å². The summed E-state index contributed by atoms with van der Waals surface area (Å²) in [4.78, 5) is 12.7. The van der Waals surface area contributed by atoms with Gasteiger partial charge in [-0.25, -0.2) is 8.42 Å². The van der Waals surface area contributed by atoms with Gasteiger partial charge in [-0.2, -0.15) is 9.57 Å². The highest BCUT2D eigenvalue weighted by Gasteiger charge is 2.24. The lowest BCUT2D eigenvalue weighted by Crippen LogP contribution is -2.34. The van der Waals surface area contributed by atoms with E-state index in [-0.39, 0.29) is 46.6 Å². The molecule has 11 heteroatoms. The molecule has 0 aliphatic rings. The van der Waals surface area contributed by atoms with Crippen LogP contribution in [0.5, 0.6) is 11.5 Å². The van der Waals surface area contributed by atoms with Crippen LogP contribution in [-0.4, -0.2) is 57.7 Å². The number of benzene rings is 2. The van der Waals surface area contributed by atoms with E-state index in [0.29, 0.717) is 11.5 Å². The second-order valence-corrected chi connectivity index (χ2v) is 8.82. The molecule has 1 N–H and O–H groups in total. The smallest absolute Gasteiger partial charge is 0.255 e. The number of nitrogens with zero attached hydrogens (tertiary/aromatic N) is 2. The minimum Gasteiger partial charge on any atom is -0.493 e. The van der Waals surface area contributed by atoms with Crippen molar-refractivity contribution in [2.75, 3.05) is 44.4 Å². The summed E-state index contributed by atoms with van der Waals surface area (Å²) >= 11 is 11.4. The van der Waals surface area contributed by atoms with E-state index in [4.69, 9.17) is 32.7 Å². The molecule has 0 aliphatic heterocycles.